The van der Waals surface area contributed by atoms with Gasteiger partial charge in [-0.15, -0.1) is 10.8 Å². The van der Waals surface area contributed by atoms with Gasteiger partial charge in [-0.05, 0) is 67.5 Å². The number of sulfonamides is 1. The lowest BCUT2D eigenvalue weighted by Gasteiger charge is -2.38. The van der Waals surface area contributed by atoms with E-state index in [1.165, 1.54) is 5.56 Å². The molecule has 1 unspecified atom stereocenters. The van der Waals surface area contributed by atoms with Crippen molar-refractivity contribution >= 4 is 26.5 Å². The SMILES string of the molecule is CC(C)S(=O)(=O)NC1Cc2ccc(-c3cccc(N4CCCS4(O)O)c3)cc2C1. The van der Waals surface area contributed by atoms with Crippen LogP contribution in [-0.2, 0) is 22.9 Å². The molecule has 1 atom stereocenters. The van der Waals surface area contributed by atoms with Crippen LogP contribution in [0.4, 0.5) is 5.69 Å². The first kappa shape index (κ1) is 20.7. The van der Waals surface area contributed by atoms with Crippen LogP contribution in [0.15, 0.2) is 42.5 Å². The second kappa shape index (κ2) is 7.59. The minimum Gasteiger partial charge on any atom is -0.282 e. The molecule has 8 heteroatoms. The van der Waals surface area contributed by atoms with Gasteiger partial charge in [0, 0.05) is 12.6 Å². The molecule has 1 aliphatic carbocycles. The minimum absolute atomic E-state index is 0.100. The lowest BCUT2D eigenvalue weighted by Crippen LogP contribution is -2.39. The predicted octanol–water partition coefficient (Wildman–Crippen LogP) is 4.02. The summed E-state index contributed by atoms with van der Waals surface area (Å²) >= 11 is 0. The lowest BCUT2D eigenvalue weighted by molar-refractivity contribution is 0.491. The first-order chi connectivity index (χ1) is 13.7. The number of benzene rings is 2. The number of anilines is 1. The molecular formula is C21H28N2O4S2. The molecule has 0 amide bonds. The molecule has 1 saturated heterocycles. The zero-order chi connectivity index (χ0) is 20.8. The summed E-state index contributed by atoms with van der Waals surface area (Å²) in [6.07, 6.45) is 2.16. The molecule has 0 saturated carbocycles. The zero-order valence-corrected chi connectivity index (χ0v) is 18.3. The summed E-state index contributed by atoms with van der Waals surface area (Å²) in [5.41, 5.74) is 5.22. The standard InChI is InChI=1S/C21H28N2O4S2/c1-15(2)29(26,27)22-20-12-18-8-7-17(11-19(18)13-20)16-5-3-6-21(14-16)23-9-4-10-28(23,24)25/h3,5-8,11,14-15,20,22,24-25H,4,9-10,12-13H2,1-2H3. The summed E-state index contributed by atoms with van der Waals surface area (Å²) in [6, 6.07) is 14.0. The summed E-state index contributed by atoms with van der Waals surface area (Å²) in [5.74, 6) is 0.420. The maximum atomic E-state index is 12.2. The zero-order valence-electron chi connectivity index (χ0n) is 16.7. The summed E-state index contributed by atoms with van der Waals surface area (Å²) < 4.78 is 49.4. The van der Waals surface area contributed by atoms with Gasteiger partial charge in [0.1, 0.15) is 0 Å². The van der Waals surface area contributed by atoms with Crippen molar-refractivity contribution in [3.63, 3.8) is 0 Å². The van der Waals surface area contributed by atoms with Gasteiger partial charge in [0.2, 0.25) is 10.0 Å². The van der Waals surface area contributed by atoms with Gasteiger partial charge in [-0.2, -0.15) is 0 Å². The highest BCUT2D eigenvalue weighted by Gasteiger charge is 2.30. The monoisotopic (exact) mass is 436 g/mol. The average Bonchev–Trinajstić information content (AvgIpc) is 3.22. The highest BCUT2D eigenvalue weighted by Crippen LogP contribution is 2.51. The highest BCUT2D eigenvalue weighted by molar-refractivity contribution is 8.25. The molecule has 29 heavy (non-hydrogen) atoms. The number of nitrogens with one attached hydrogen (secondary N) is 1. The van der Waals surface area contributed by atoms with Gasteiger partial charge in [-0.1, -0.05) is 30.3 Å². The van der Waals surface area contributed by atoms with Crippen molar-refractivity contribution in [1.29, 1.82) is 0 Å². The van der Waals surface area contributed by atoms with Crippen molar-refractivity contribution in [3.05, 3.63) is 53.6 Å². The van der Waals surface area contributed by atoms with Crippen LogP contribution in [0.25, 0.3) is 11.1 Å². The number of hydrogen-bond acceptors (Lipinski definition) is 5. The fourth-order valence-electron chi connectivity index (χ4n) is 4.05. The quantitative estimate of drug-likeness (QED) is 0.659. The van der Waals surface area contributed by atoms with E-state index in [-0.39, 0.29) is 6.04 Å². The number of hydrogen-bond donors (Lipinski definition) is 3. The maximum Gasteiger partial charge on any atom is 0.214 e. The van der Waals surface area contributed by atoms with E-state index in [4.69, 9.17) is 0 Å². The van der Waals surface area contributed by atoms with E-state index in [0.29, 0.717) is 25.1 Å². The Morgan fingerprint density at radius 2 is 1.79 bits per heavy atom. The third kappa shape index (κ3) is 4.18. The predicted molar refractivity (Wildman–Crippen MR) is 120 cm³/mol. The fourth-order valence-corrected chi connectivity index (χ4v) is 6.56. The first-order valence-electron chi connectivity index (χ1n) is 9.93. The second-order valence-electron chi connectivity index (χ2n) is 8.14. The van der Waals surface area contributed by atoms with E-state index in [1.54, 1.807) is 18.2 Å². The third-order valence-electron chi connectivity index (χ3n) is 5.69. The van der Waals surface area contributed by atoms with Crippen molar-refractivity contribution in [2.24, 2.45) is 0 Å². The Morgan fingerprint density at radius 1 is 1.07 bits per heavy atom. The molecule has 1 aliphatic heterocycles. The number of nitrogens with zero attached hydrogens (tertiary/aromatic N) is 1. The molecule has 0 spiro atoms. The van der Waals surface area contributed by atoms with Crippen LogP contribution in [0, 0.1) is 0 Å². The van der Waals surface area contributed by atoms with Crippen LogP contribution < -0.4 is 9.03 Å². The van der Waals surface area contributed by atoms with Crippen LogP contribution in [-0.4, -0.2) is 41.1 Å². The van der Waals surface area contributed by atoms with Crippen LogP contribution in [0.3, 0.4) is 0 Å². The van der Waals surface area contributed by atoms with Gasteiger partial charge in [0.05, 0.1) is 16.7 Å². The molecule has 4 rings (SSSR count). The molecular weight excluding hydrogens is 408 g/mol. The molecule has 1 heterocycles. The van der Waals surface area contributed by atoms with Crippen molar-refractivity contribution in [1.82, 2.24) is 4.72 Å². The van der Waals surface area contributed by atoms with Gasteiger partial charge in [0.15, 0.2) is 0 Å². The molecule has 0 aromatic heterocycles. The molecule has 2 aliphatic rings. The number of fused-ring (bicyclic) bond motifs is 1. The minimum atomic E-state index is -3.29. The Kier molecular flexibility index (Phi) is 5.41. The highest BCUT2D eigenvalue weighted by atomic mass is 32.3. The molecule has 0 radical (unpaired) electrons. The summed E-state index contributed by atoms with van der Waals surface area (Å²) in [4.78, 5) is 0. The third-order valence-corrected chi connectivity index (χ3v) is 9.53. The van der Waals surface area contributed by atoms with Crippen LogP contribution >= 0.6 is 10.8 Å². The van der Waals surface area contributed by atoms with Gasteiger partial charge in [-0.3, -0.25) is 13.4 Å². The van der Waals surface area contributed by atoms with E-state index in [9.17, 15) is 17.5 Å². The molecule has 6 nitrogen and oxygen atoms in total. The topological polar surface area (TPSA) is 89.9 Å². The second-order valence-corrected chi connectivity index (χ2v) is 12.5. The molecule has 158 valence electrons. The van der Waals surface area contributed by atoms with Gasteiger partial charge in [0.25, 0.3) is 0 Å². The van der Waals surface area contributed by atoms with E-state index >= 15 is 0 Å². The van der Waals surface area contributed by atoms with Crippen LogP contribution in [0.5, 0.6) is 0 Å². The molecule has 2 aromatic carbocycles. The first-order valence-corrected chi connectivity index (χ1v) is 13.1. The molecule has 3 N–H and O–H groups in total. The summed E-state index contributed by atoms with van der Waals surface area (Å²) in [6.45, 7) is 4.02. The van der Waals surface area contributed by atoms with Gasteiger partial charge >= 0.3 is 0 Å². The fraction of sp³-hybridized carbons (Fsp3) is 0.429. The van der Waals surface area contributed by atoms with Gasteiger partial charge < -0.3 is 0 Å². The normalized spacial score (nSPS) is 22.1. The van der Waals surface area contributed by atoms with Crippen molar-refractivity contribution in [2.45, 2.75) is 44.4 Å². The van der Waals surface area contributed by atoms with Crippen molar-refractivity contribution < 1.29 is 17.5 Å². The van der Waals surface area contributed by atoms with E-state index in [1.807, 2.05) is 24.3 Å². The van der Waals surface area contributed by atoms with E-state index < -0.39 is 26.0 Å². The Labute approximate surface area is 174 Å². The van der Waals surface area contributed by atoms with Crippen molar-refractivity contribution in [2.75, 3.05) is 16.6 Å². The number of rotatable bonds is 5. The van der Waals surface area contributed by atoms with Gasteiger partial charge in [-0.25, -0.2) is 13.1 Å². The van der Waals surface area contributed by atoms with E-state index in [2.05, 4.69) is 22.9 Å². The summed E-state index contributed by atoms with van der Waals surface area (Å²) in [5, 5.41) is -0.442. The largest absolute Gasteiger partial charge is 0.282 e. The lowest BCUT2D eigenvalue weighted by atomic mass is 10.0. The molecule has 1 fully saturated rings. The Balaban J connectivity index is 1.56. The van der Waals surface area contributed by atoms with Crippen LogP contribution in [0.2, 0.25) is 0 Å². The molecule has 0 bridgehead atoms. The van der Waals surface area contributed by atoms with E-state index in [0.717, 1.165) is 28.8 Å². The Hall–Kier alpha value is -1.58. The Morgan fingerprint density at radius 3 is 2.48 bits per heavy atom. The maximum absolute atomic E-state index is 12.2. The van der Waals surface area contributed by atoms with Crippen LogP contribution in [0.1, 0.15) is 31.4 Å². The average molecular weight is 437 g/mol. The smallest absolute Gasteiger partial charge is 0.214 e. The Bertz CT molecular complexity index is 1020. The van der Waals surface area contributed by atoms with Crippen molar-refractivity contribution in [3.8, 4) is 11.1 Å². The summed E-state index contributed by atoms with van der Waals surface area (Å²) in [7, 11) is -6.00. The molecule has 2 aromatic rings.